The van der Waals surface area contributed by atoms with Crippen LogP contribution in [0.5, 0.6) is 0 Å². The predicted octanol–water partition coefficient (Wildman–Crippen LogP) is 1.56. The van der Waals surface area contributed by atoms with E-state index in [4.69, 9.17) is 5.73 Å². The van der Waals surface area contributed by atoms with Gasteiger partial charge in [-0.1, -0.05) is 26.2 Å². The van der Waals surface area contributed by atoms with Crippen molar-refractivity contribution in [3.05, 3.63) is 0 Å². The van der Waals surface area contributed by atoms with Gasteiger partial charge in [0.1, 0.15) is 0 Å². The molecule has 1 amide bonds. The van der Waals surface area contributed by atoms with Gasteiger partial charge < -0.3 is 11.1 Å². The molecule has 0 unspecified atom stereocenters. The molecule has 1 aliphatic carbocycles. The number of nitrogens with one attached hydrogen (secondary N) is 1. The standard InChI is InChI=1S/C11H22N2O/c1-2-8-13-11(9-10(12)14)6-4-3-5-7-11/h13H,2-9H2,1H3,(H2,12,14). The maximum atomic E-state index is 11.0. The van der Waals surface area contributed by atoms with Crippen LogP contribution in [0, 0.1) is 0 Å². The highest BCUT2D eigenvalue weighted by atomic mass is 16.1. The molecule has 0 atom stereocenters. The van der Waals surface area contributed by atoms with Gasteiger partial charge in [-0.2, -0.15) is 0 Å². The Morgan fingerprint density at radius 3 is 2.50 bits per heavy atom. The normalized spacial score (nSPS) is 20.6. The Bertz CT molecular complexity index is 186. The molecule has 0 heterocycles. The summed E-state index contributed by atoms with van der Waals surface area (Å²) in [7, 11) is 0. The third-order valence-electron chi connectivity index (χ3n) is 3.07. The molecule has 3 N–H and O–H groups in total. The van der Waals surface area contributed by atoms with E-state index in [0.29, 0.717) is 6.42 Å². The average molecular weight is 198 g/mol. The minimum atomic E-state index is -0.171. The van der Waals surface area contributed by atoms with Gasteiger partial charge >= 0.3 is 0 Å². The van der Waals surface area contributed by atoms with Crippen LogP contribution in [0.4, 0.5) is 0 Å². The van der Waals surface area contributed by atoms with Gasteiger partial charge in [-0.15, -0.1) is 0 Å². The highest BCUT2D eigenvalue weighted by molar-refractivity contribution is 5.75. The van der Waals surface area contributed by atoms with E-state index < -0.39 is 0 Å². The summed E-state index contributed by atoms with van der Waals surface area (Å²) in [6, 6.07) is 0. The van der Waals surface area contributed by atoms with Gasteiger partial charge in [0.2, 0.25) is 5.91 Å². The van der Waals surface area contributed by atoms with E-state index >= 15 is 0 Å². The highest BCUT2D eigenvalue weighted by Crippen LogP contribution is 2.30. The van der Waals surface area contributed by atoms with Crippen LogP contribution in [0.25, 0.3) is 0 Å². The Hall–Kier alpha value is -0.570. The Kier molecular flexibility index (Phi) is 4.39. The molecule has 0 aromatic rings. The molecule has 0 spiro atoms. The maximum absolute atomic E-state index is 11.0. The Balaban J connectivity index is 2.52. The van der Waals surface area contributed by atoms with Gasteiger partial charge in [-0.05, 0) is 25.8 Å². The van der Waals surface area contributed by atoms with Crippen molar-refractivity contribution in [2.24, 2.45) is 5.73 Å². The van der Waals surface area contributed by atoms with Crippen molar-refractivity contribution in [3.8, 4) is 0 Å². The second-order valence-electron chi connectivity index (χ2n) is 4.41. The van der Waals surface area contributed by atoms with Crippen molar-refractivity contribution < 1.29 is 4.79 Å². The molecular weight excluding hydrogens is 176 g/mol. The fourth-order valence-corrected chi connectivity index (χ4v) is 2.37. The SMILES string of the molecule is CCCNC1(CC(N)=O)CCCCC1. The summed E-state index contributed by atoms with van der Waals surface area (Å²) in [4.78, 5) is 11.0. The quantitative estimate of drug-likeness (QED) is 0.704. The van der Waals surface area contributed by atoms with Crippen molar-refractivity contribution in [2.45, 2.75) is 57.4 Å². The smallest absolute Gasteiger partial charge is 0.219 e. The summed E-state index contributed by atoms with van der Waals surface area (Å²) in [5.41, 5.74) is 5.33. The van der Waals surface area contributed by atoms with Gasteiger partial charge in [0, 0.05) is 12.0 Å². The number of nitrogens with two attached hydrogens (primary N) is 1. The summed E-state index contributed by atoms with van der Waals surface area (Å²) < 4.78 is 0. The van der Waals surface area contributed by atoms with Gasteiger partial charge in [-0.3, -0.25) is 4.79 Å². The lowest BCUT2D eigenvalue weighted by molar-refractivity contribution is -0.119. The molecule has 0 aromatic carbocycles. The van der Waals surface area contributed by atoms with Gasteiger partial charge in [-0.25, -0.2) is 0 Å². The van der Waals surface area contributed by atoms with Crippen molar-refractivity contribution in [2.75, 3.05) is 6.54 Å². The zero-order valence-electron chi connectivity index (χ0n) is 9.14. The summed E-state index contributed by atoms with van der Waals surface area (Å²) in [6.45, 7) is 3.14. The fraction of sp³-hybridized carbons (Fsp3) is 0.909. The highest BCUT2D eigenvalue weighted by Gasteiger charge is 2.32. The van der Waals surface area contributed by atoms with Crippen LogP contribution in [-0.2, 0) is 4.79 Å². The van der Waals surface area contributed by atoms with E-state index in [1.807, 2.05) is 0 Å². The van der Waals surface area contributed by atoms with Crippen LogP contribution in [-0.4, -0.2) is 18.0 Å². The minimum Gasteiger partial charge on any atom is -0.370 e. The lowest BCUT2D eigenvalue weighted by atomic mass is 9.79. The van der Waals surface area contributed by atoms with Crippen molar-refractivity contribution in [1.82, 2.24) is 5.32 Å². The second kappa shape index (κ2) is 5.35. The van der Waals surface area contributed by atoms with E-state index in [9.17, 15) is 4.79 Å². The summed E-state index contributed by atoms with van der Waals surface area (Å²) >= 11 is 0. The van der Waals surface area contributed by atoms with E-state index in [-0.39, 0.29) is 11.4 Å². The Labute approximate surface area is 86.4 Å². The van der Waals surface area contributed by atoms with Crippen LogP contribution in [0.15, 0.2) is 0 Å². The van der Waals surface area contributed by atoms with Crippen molar-refractivity contribution in [3.63, 3.8) is 0 Å². The lowest BCUT2D eigenvalue weighted by Gasteiger charge is -2.37. The number of carbonyl (C=O) groups excluding carboxylic acids is 1. The molecule has 14 heavy (non-hydrogen) atoms. The first-order valence-electron chi connectivity index (χ1n) is 5.72. The zero-order chi connectivity index (χ0) is 10.4. The Morgan fingerprint density at radius 2 is 2.00 bits per heavy atom. The van der Waals surface area contributed by atoms with Crippen LogP contribution in [0.2, 0.25) is 0 Å². The number of rotatable bonds is 5. The first-order valence-corrected chi connectivity index (χ1v) is 5.72. The van der Waals surface area contributed by atoms with E-state index in [2.05, 4.69) is 12.2 Å². The number of amides is 1. The summed E-state index contributed by atoms with van der Waals surface area (Å²) in [6.07, 6.45) is 7.59. The second-order valence-corrected chi connectivity index (χ2v) is 4.41. The van der Waals surface area contributed by atoms with Crippen LogP contribution in [0.1, 0.15) is 51.9 Å². The molecule has 1 rings (SSSR count). The van der Waals surface area contributed by atoms with Crippen molar-refractivity contribution >= 4 is 5.91 Å². The fourth-order valence-electron chi connectivity index (χ4n) is 2.37. The van der Waals surface area contributed by atoms with E-state index in [0.717, 1.165) is 25.8 Å². The molecule has 0 radical (unpaired) electrons. The van der Waals surface area contributed by atoms with Crippen LogP contribution >= 0.6 is 0 Å². The van der Waals surface area contributed by atoms with Gasteiger partial charge in [0.15, 0.2) is 0 Å². The molecule has 1 saturated carbocycles. The van der Waals surface area contributed by atoms with E-state index in [1.54, 1.807) is 0 Å². The van der Waals surface area contributed by atoms with Gasteiger partial charge in [0.25, 0.3) is 0 Å². The van der Waals surface area contributed by atoms with Gasteiger partial charge in [0.05, 0.1) is 0 Å². The molecule has 0 aliphatic heterocycles. The largest absolute Gasteiger partial charge is 0.370 e. The molecule has 1 fully saturated rings. The topological polar surface area (TPSA) is 55.1 Å². The number of primary amides is 1. The third kappa shape index (κ3) is 3.29. The number of carbonyl (C=O) groups is 1. The minimum absolute atomic E-state index is 0.0279. The summed E-state index contributed by atoms with van der Waals surface area (Å²) in [5, 5.41) is 3.52. The summed E-state index contributed by atoms with van der Waals surface area (Å²) in [5.74, 6) is -0.171. The van der Waals surface area contributed by atoms with Crippen LogP contribution in [0.3, 0.4) is 0 Å². The monoisotopic (exact) mass is 198 g/mol. The first kappa shape index (κ1) is 11.5. The molecule has 0 bridgehead atoms. The molecule has 3 nitrogen and oxygen atoms in total. The Morgan fingerprint density at radius 1 is 1.36 bits per heavy atom. The molecule has 0 saturated heterocycles. The molecule has 82 valence electrons. The number of hydrogen-bond acceptors (Lipinski definition) is 2. The average Bonchev–Trinajstić information content (AvgIpc) is 2.15. The molecule has 0 aromatic heterocycles. The zero-order valence-corrected chi connectivity index (χ0v) is 9.14. The molecule has 3 heteroatoms. The first-order chi connectivity index (χ1) is 6.68. The molecular formula is C11H22N2O. The lowest BCUT2D eigenvalue weighted by Crippen LogP contribution is -2.49. The maximum Gasteiger partial charge on any atom is 0.219 e. The third-order valence-corrected chi connectivity index (χ3v) is 3.07. The molecule has 1 aliphatic rings. The predicted molar refractivity (Wildman–Crippen MR) is 57.9 cm³/mol. The van der Waals surface area contributed by atoms with Crippen molar-refractivity contribution in [1.29, 1.82) is 0 Å². The number of hydrogen-bond donors (Lipinski definition) is 2. The van der Waals surface area contributed by atoms with Crippen LogP contribution < -0.4 is 11.1 Å². The van der Waals surface area contributed by atoms with E-state index in [1.165, 1.54) is 19.3 Å².